The van der Waals surface area contributed by atoms with Crippen LogP contribution in [0.25, 0.3) is 0 Å². The van der Waals surface area contributed by atoms with Crippen LogP contribution in [0, 0.1) is 6.92 Å². The molecule has 3 heterocycles. The Balaban J connectivity index is 1.76. The maximum atomic E-state index is 5.45. The molecule has 2 saturated heterocycles. The van der Waals surface area contributed by atoms with Gasteiger partial charge >= 0.3 is 0 Å². The zero-order valence-corrected chi connectivity index (χ0v) is 9.07. The maximum Gasteiger partial charge on any atom is 0.181 e. The van der Waals surface area contributed by atoms with Crippen LogP contribution in [-0.2, 0) is 0 Å². The Morgan fingerprint density at radius 1 is 1.60 bits per heavy atom. The van der Waals surface area contributed by atoms with Crippen LogP contribution in [0.3, 0.4) is 0 Å². The third-order valence-electron chi connectivity index (χ3n) is 3.62. The van der Waals surface area contributed by atoms with Gasteiger partial charge in [0.15, 0.2) is 6.39 Å². The lowest BCUT2D eigenvalue weighted by Gasteiger charge is -2.35. The molecule has 2 aliphatic heterocycles. The van der Waals surface area contributed by atoms with Gasteiger partial charge in [-0.1, -0.05) is 0 Å². The number of hydrogen-bond acceptors (Lipinski definition) is 4. The summed E-state index contributed by atoms with van der Waals surface area (Å²) in [6.07, 6.45) is 4.23. The second-order valence-electron chi connectivity index (χ2n) is 4.55. The minimum Gasteiger partial charge on any atom is -0.446 e. The van der Waals surface area contributed by atoms with E-state index in [9.17, 15) is 0 Å². The van der Waals surface area contributed by atoms with Crippen molar-refractivity contribution in [3.63, 3.8) is 0 Å². The molecule has 4 nitrogen and oxygen atoms in total. The molecule has 3 rings (SSSR count). The van der Waals surface area contributed by atoms with E-state index in [1.54, 1.807) is 6.39 Å². The van der Waals surface area contributed by atoms with Gasteiger partial charge in [0.05, 0.1) is 11.7 Å². The van der Waals surface area contributed by atoms with Gasteiger partial charge in [-0.25, -0.2) is 4.98 Å². The fourth-order valence-corrected chi connectivity index (χ4v) is 2.77. The number of hydrogen-bond donors (Lipinski definition) is 1. The van der Waals surface area contributed by atoms with Gasteiger partial charge < -0.3 is 9.73 Å². The molecular weight excluding hydrogens is 190 g/mol. The smallest absolute Gasteiger partial charge is 0.181 e. The first-order valence-corrected chi connectivity index (χ1v) is 5.72. The lowest BCUT2D eigenvalue weighted by Crippen LogP contribution is -2.49. The average molecular weight is 207 g/mol. The summed E-state index contributed by atoms with van der Waals surface area (Å²) in [5.74, 6) is 1.01. The van der Waals surface area contributed by atoms with E-state index >= 15 is 0 Å². The molecule has 0 amide bonds. The van der Waals surface area contributed by atoms with Crippen LogP contribution in [0.4, 0.5) is 0 Å². The molecule has 2 aliphatic rings. The lowest BCUT2D eigenvalue weighted by atomic mass is 10.1. The molecule has 2 atom stereocenters. The Bertz CT molecular complexity index is 349. The Kier molecular flexibility index (Phi) is 2.25. The van der Waals surface area contributed by atoms with Gasteiger partial charge in [-0.15, -0.1) is 0 Å². The molecule has 1 aromatic heterocycles. The van der Waals surface area contributed by atoms with E-state index in [1.165, 1.54) is 19.4 Å². The highest BCUT2D eigenvalue weighted by Crippen LogP contribution is 2.27. The number of aryl methyl sites for hydroxylation is 1. The predicted octanol–water partition coefficient (Wildman–Crippen LogP) is 1.09. The SMILES string of the molecule is Cc1ncoc1C1CN2CCCC2CN1. The van der Waals surface area contributed by atoms with E-state index in [0.717, 1.165) is 30.6 Å². The van der Waals surface area contributed by atoms with Gasteiger partial charge in [0.1, 0.15) is 5.76 Å². The van der Waals surface area contributed by atoms with Gasteiger partial charge in [-0.2, -0.15) is 0 Å². The zero-order valence-electron chi connectivity index (χ0n) is 9.07. The van der Waals surface area contributed by atoms with Gasteiger partial charge in [0, 0.05) is 19.1 Å². The molecule has 0 bridgehead atoms. The van der Waals surface area contributed by atoms with Crippen LogP contribution >= 0.6 is 0 Å². The van der Waals surface area contributed by atoms with Crippen molar-refractivity contribution in [1.29, 1.82) is 0 Å². The van der Waals surface area contributed by atoms with Crippen molar-refractivity contribution < 1.29 is 4.42 Å². The van der Waals surface area contributed by atoms with Crippen molar-refractivity contribution in [1.82, 2.24) is 15.2 Å². The molecule has 82 valence electrons. The fourth-order valence-electron chi connectivity index (χ4n) is 2.77. The van der Waals surface area contributed by atoms with Crippen molar-refractivity contribution in [2.45, 2.75) is 31.8 Å². The topological polar surface area (TPSA) is 41.3 Å². The predicted molar refractivity (Wildman–Crippen MR) is 56.6 cm³/mol. The van der Waals surface area contributed by atoms with E-state index in [-0.39, 0.29) is 0 Å². The highest BCUT2D eigenvalue weighted by atomic mass is 16.3. The number of fused-ring (bicyclic) bond motifs is 1. The number of aromatic nitrogens is 1. The fraction of sp³-hybridized carbons (Fsp3) is 0.727. The number of nitrogens with one attached hydrogen (secondary N) is 1. The summed E-state index contributed by atoms with van der Waals surface area (Å²) in [6, 6.07) is 1.09. The molecule has 4 heteroatoms. The molecule has 0 aromatic carbocycles. The molecular formula is C11H17N3O. The van der Waals surface area contributed by atoms with Gasteiger partial charge in [-0.3, -0.25) is 4.90 Å². The Morgan fingerprint density at radius 2 is 2.53 bits per heavy atom. The zero-order chi connectivity index (χ0) is 10.3. The average Bonchev–Trinajstić information content (AvgIpc) is 2.84. The quantitative estimate of drug-likeness (QED) is 0.748. The molecule has 2 unspecified atom stereocenters. The van der Waals surface area contributed by atoms with Crippen molar-refractivity contribution in [3.8, 4) is 0 Å². The summed E-state index contributed by atoms with van der Waals surface area (Å²) >= 11 is 0. The van der Waals surface area contributed by atoms with Gasteiger partial charge in [0.2, 0.25) is 0 Å². The number of piperazine rings is 1. The summed E-state index contributed by atoms with van der Waals surface area (Å²) in [4.78, 5) is 6.72. The first kappa shape index (κ1) is 9.36. The minimum absolute atomic E-state index is 0.335. The highest BCUT2D eigenvalue weighted by Gasteiger charge is 2.33. The van der Waals surface area contributed by atoms with Crippen LogP contribution < -0.4 is 5.32 Å². The van der Waals surface area contributed by atoms with Crippen LogP contribution in [0.15, 0.2) is 10.8 Å². The molecule has 1 N–H and O–H groups in total. The van der Waals surface area contributed by atoms with Gasteiger partial charge in [-0.05, 0) is 26.3 Å². The summed E-state index contributed by atoms with van der Waals surface area (Å²) in [5.41, 5.74) is 1.02. The van der Waals surface area contributed by atoms with E-state index in [4.69, 9.17) is 4.42 Å². The normalized spacial score (nSPS) is 31.8. The molecule has 1 aromatic rings. The molecule has 15 heavy (non-hydrogen) atoms. The van der Waals surface area contributed by atoms with Crippen molar-refractivity contribution in [3.05, 3.63) is 17.8 Å². The van der Waals surface area contributed by atoms with Crippen LogP contribution in [0.1, 0.15) is 30.3 Å². The van der Waals surface area contributed by atoms with Gasteiger partial charge in [0.25, 0.3) is 0 Å². The number of nitrogens with zero attached hydrogens (tertiary/aromatic N) is 2. The van der Waals surface area contributed by atoms with Crippen molar-refractivity contribution >= 4 is 0 Å². The first-order valence-electron chi connectivity index (χ1n) is 5.72. The Hall–Kier alpha value is -0.870. The molecule has 0 saturated carbocycles. The summed E-state index contributed by atoms with van der Waals surface area (Å²) in [5, 5.41) is 3.56. The summed E-state index contributed by atoms with van der Waals surface area (Å²) < 4.78 is 5.45. The molecule has 0 spiro atoms. The second-order valence-corrected chi connectivity index (χ2v) is 4.55. The van der Waals surface area contributed by atoms with Crippen LogP contribution in [0.5, 0.6) is 0 Å². The van der Waals surface area contributed by atoms with E-state index in [0.29, 0.717) is 6.04 Å². The molecule has 2 fully saturated rings. The second kappa shape index (κ2) is 3.61. The van der Waals surface area contributed by atoms with Crippen LogP contribution in [0.2, 0.25) is 0 Å². The summed E-state index contributed by atoms with van der Waals surface area (Å²) in [7, 11) is 0. The van der Waals surface area contributed by atoms with E-state index in [1.807, 2.05) is 6.92 Å². The first-order chi connectivity index (χ1) is 7.34. The van der Waals surface area contributed by atoms with E-state index < -0.39 is 0 Å². The number of oxazole rings is 1. The lowest BCUT2D eigenvalue weighted by molar-refractivity contribution is 0.162. The monoisotopic (exact) mass is 207 g/mol. The largest absolute Gasteiger partial charge is 0.446 e. The van der Waals surface area contributed by atoms with Crippen molar-refractivity contribution in [2.75, 3.05) is 19.6 Å². The minimum atomic E-state index is 0.335. The third-order valence-corrected chi connectivity index (χ3v) is 3.62. The highest BCUT2D eigenvalue weighted by molar-refractivity contribution is 5.12. The number of rotatable bonds is 1. The van der Waals surface area contributed by atoms with E-state index in [2.05, 4.69) is 15.2 Å². The molecule has 0 radical (unpaired) electrons. The Morgan fingerprint density at radius 3 is 3.33 bits per heavy atom. The van der Waals surface area contributed by atoms with Crippen LogP contribution in [-0.4, -0.2) is 35.6 Å². The Labute approximate surface area is 89.7 Å². The maximum absolute atomic E-state index is 5.45. The summed E-state index contributed by atoms with van der Waals surface area (Å²) in [6.45, 7) is 5.41. The molecule has 0 aliphatic carbocycles. The van der Waals surface area contributed by atoms with Crippen molar-refractivity contribution in [2.24, 2.45) is 0 Å². The standard InChI is InChI=1S/C11H17N3O/c1-8-11(15-7-13-8)10-6-14-4-2-3-9(14)5-12-10/h7,9-10,12H,2-6H2,1H3. The third kappa shape index (κ3) is 1.58.